The van der Waals surface area contributed by atoms with Gasteiger partial charge in [-0.15, -0.1) is 0 Å². The number of likely N-dealkylation sites (N-methyl/N-ethyl adjacent to an activating group) is 1. The summed E-state index contributed by atoms with van der Waals surface area (Å²) in [6.45, 7) is 1.54. The molecular weight excluding hydrogens is 252 g/mol. The van der Waals surface area contributed by atoms with Crippen LogP contribution in [0.1, 0.15) is 23.9 Å². The van der Waals surface area contributed by atoms with Crippen molar-refractivity contribution < 1.29 is 23.9 Å². The Labute approximate surface area is 110 Å². The summed E-state index contributed by atoms with van der Waals surface area (Å²) in [5.74, 6) is -1.67. The van der Waals surface area contributed by atoms with Gasteiger partial charge in [-0.3, -0.25) is 9.59 Å². The van der Waals surface area contributed by atoms with Crippen molar-refractivity contribution in [1.29, 1.82) is 0 Å². The van der Waals surface area contributed by atoms with Gasteiger partial charge in [0.15, 0.2) is 5.76 Å². The fourth-order valence-corrected chi connectivity index (χ4v) is 1.34. The van der Waals surface area contributed by atoms with Crippen LogP contribution in [0.5, 0.6) is 0 Å². The van der Waals surface area contributed by atoms with E-state index in [0.717, 1.165) is 4.90 Å². The van der Waals surface area contributed by atoms with Gasteiger partial charge in [0.1, 0.15) is 6.04 Å². The third-order valence-corrected chi connectivity index (χ3v) is 2.70. The standard InChI is InChI=1S/C12H16N2O5/c1-8(12(17)18)14(2)10(15)5-6-13-11(16)9-4-3-7-19-9/h3-4,7-8H,5-6H2,1-2H3,(H,13,16)(H,17,18). The van der Waals surface area contributed by atoms with Crippen LogP contribution in [-0.4, -0.2) is 47.4 Å². The van der Waals surface area contributed by atoms with Crippen molar-refractivity contribution in [3.63, 3.8) is 0 Å². The molecule has 0 spiro atoms. The maximum absolute atomic E-state index is 11.6. The minimum Gasteiger partial charge on any atom is -0.480 e. The van der Waals surface area contributed by atoms with E-state index in [4.69, 9.17) is 9.52 Å². The van der Waals surface area contributed by atoms with Gasteiger partial charge in [-0.1, -0.05) is 0 Å². The number of hydrogen-bond acceptors (Lipinski definition) is 4. The Morgan fingerprint density at radius 3 is 2.68 bits per heavy atom. The Bertz CT molecular complexity index is 455. The molecule has 1 aromatic heterocycles. The van der Waals surface area contributed by atoms with Crippen molar-refractivity contribution in [2.75, 3.05) is 13.6 Å². The smallest absolute Gasteiger partial charge is 0.326 e. The van der Waals surface area contributed by atoms with E-state index in [1.165, 1.54) is 26.3 Å². The molecule has 2 N–H and O–H groups in total. The summed E-state index contributed by atoms with van der Waals surface area (Å²) < 4.78 is 4.88. The number of amides is 2. The van der Waals surface area contributed by atoms with Gasteiger partial charge in [0.25, 0.3) is 5.91 Å². The molecule has 0 aliphatic rings. The number of nitrogens with one attached hydrogen (secondary N) is 1. The molecule has 1 atom stereocenters. The molecule has 0 radical (unpaired) electrons. The quantitative estimate of drug-likeness (QED) is 0.774. The summed E-state index contributed by atoms with van der Waals surface area (Å²) in [7, 11) is 1.41. The third kappa shape index (κ3) is 4.13. The summed E-state index contributed by atoms with van der Waals surface area (Å²) in [4.78, 5) is 35.0. The normalized spacial score (nSPS) is 11.7. The minimum absolute atomic E-state index is 0.0283. The molecule has 7 heteroatoms. The van der Waals surface area contributed by atoms with Crippen LogP contribution in [0.4, 0.5) is 0 Å². The highest BCUT2D eigenvalue weighted by Crippen LogP contribution is 2.01. The molecule has 1 heterocycles. The predicted octanol–water partition coefficient (Wildman–Crippen LogP) is 0.331. The number of furan rings is 1. The number of carboxylic acid groups (broad SMARTS) is 1. The average Bonchev–Trinajstić information content (AvgIpc) is 2.90. The van der Waals surface area contributed by atoms with E-state index in [9.17, 15) is 14.4 Å². The largest absolute Gasteiger partial charge is 0.480 e. The van der Waals surface area contributed by atoms with Crippen LogP contribution in [0, 0.1) is 0 Å². The second kappa shape index (κ2) is 6.58. The molecule has 7 nitrogen and oxygen atoms in total. The van der Waals surface area contributed by atoms with Crippen LogP contribution in [0.2, 0.25) is 0 Å². The van der Waals surface area contributed by atoms with Crippen molar-refractivity contribution in [1.82, 2.24) is 10.2 Å². The zero-order valence-corrected chi connectivity index (χ0v) is 10.8. The Morgan fingerprint density at radius 1 is 1.47 bits per heavy atom. The van der Waals surface area contributed by atoms with Gasteiger partial charge in [-0.2, -0.15) is 0 Å². The monoisotopic (exact) mass is 268 g/mol. The lowest BCUT2D eigenvalue weighted by Crippen LogP contribution is -2.41. The Morgan fingerprint density at radius 2 is 2.16 bits per heavy atom. The molecule has 104 valence electrons. The van der Waals surface area contributed by atoms with Gasteiger partial charge in [0.2, 0.25) is 5.91 Å². The lowest BCUT2D eigenvalue weighted by Gasteiger charge is -2.21. The number of carbonyl (C=O) groups is 3. The molecule has 19 heavy (non-hydrogen) atoms. The van der Waals surface area contributed by atoms with Gasteiger partial charge in [-0.25, -0.2) is 4.79 Å². The highest BCUT2D eigenvalue weighted by Gasteiger charge is 2.21. The van der Waals surface area contributed by atoms with E-state index < -0.39 is 17.9 Å². The van der Waals surface area contributed by atoms with E-state index in [1.807, 2.05) is 0 Å². The highest BCUT2D eigenvalue weighted by atomic mass is 16.4. The molecule has 0 saturated carbocycles. The number of carboxylic acids is 1. The predicted molar refractivity (Wildman–Crippen MR) is 65.5 cm³/mol. The summed E-state index contributed by atoms with van der Waals surface area (Å²) >= 11 is 0. The van der Waals surface area contributed by atoms with Crippen LogP contribution in [0.3, 0.4) is 0 Å². The first kappa shape index (κ1) is 14.7. The zero-order chi connectivity index (χ0) is 14.4. The van der Waals surface area contributed by atoms with Crippen LogP contribution >= 0.6 is 0 Å². The van der Waals surface area contributed by atoms with E-state index >= 15 is 0 Å². The van der Waals surface area contributed by atoms with Crippen LogP contribution in [0.15, 0.2) is 22.8 Å². The van der Waals surface area contributed by atoms with Crippen LogP contribution < -0.4 is 5.32 Å². The topological polar surface area (TPSA) is 99.9 Å². The summed E-state index contributed by atoms with van der Waals surface area (Å²) in [6.07, 6.45) is 1.41. The summed E-state index contributed by atoms with van der Waals surface area (Å²) in [5, 5.41) is 11.3. The molecule has 1 unspecified atom stereocenters. The number of carbonyl (C=O) groups excluding carboxylic acids is 2. The molecular formula is C12H16N2O5. The molecule has 1 rings (SSSR count). The molecule has 0 aromatic carbocycles. The lowest BCUT2D eigenvalue weighted by molar-refractivity contribution is -0.148. The van der Waals surface area contributed by atoms with Crippen molar-refractivity contribution in [2.24, 2.45) is 0 Å². The Hall–Kier alpha value is -2.31. The van der Waals surface area contributed by atoms with Crippen molar-refractivity contribution in [3.05, 3.63) is 24.2 Å². The number of aliphatic carboxylic acids is 1. The van der Waals surface area contributed by atoms with Gasteiger partial charge in [-0.05, 0) is 19.1 Å². The highest BCUT2D eigenvalue weighted by molar-refractivity contribution is 5.91. The molecule has 0 aliphatic heterocycles. The summed E-state index contributed by atoms with van der Waals surface area (Å²) in [6, 6.07) is 2.20. The second-order valence-corrected chi connectivity index (χ2v) is 4.00. The van der Waals surface area contributed by atoms with Gasteiger partial charge in [0, 0.05) is 20.0 Å². The summed E-state index contributed by atoms with van der Waals surface area (Å²) in [5.41, 5.74) is 0. The van der Waals surface area contributed by atoms with Crippen molar-refractivity contribution >= 4 is 17.8 Å². The van der Waals surface area contributed by atoms with Crippen molar-refractivity contribution in [2.45, 2.75) is 19.4 Å². The second-order valence-electron chi connectivity index (χ2n) is 4.00. The number of nitrogens with zero attached hydrogens (tertiary/aromatic N) is 1. The maximum Gasteiger partial charge on any atom is 0.326 e. The number of hydrogen-bond donors (Lipinski definition) is 2. The molecule has 0 saturated heterocycles. The van der Waals surface area contributed by atoms with E-state index in [0.29, 0.717) is 0 Å². The van der Waals surface area contributed by atoms with Crippen molar-refractivity contribution in [3.8, 4) is 0 Å². The van der Waals surface area contributed by atoms with Crippen LogP contribution in [0.25, 0.3) is 0 Å². The third-order valence-electron chi connectivity index (χ3n) is 2.70. The first-order valence-electron chi connectivity index (χ1n) is 5.73. The Balaban J connectivity index is 2.35. The SMILES string of the molecule is CC(C(=O)O)N(C)C(=O)CCNC(=O)c1ccco1. The molecule has 0 aliphatic carbocycles. The molecule has 0 fully saturated rings. The van der Waals surface area contributed by atoms with Gasteiger partial charge >= 0.3 is 5.97 Å². The lowest BCUT2D eigenvalue weighted by atomic mass is 10.2. The molecule has 1 aromatic rings. The van der Waals surface area contributed by atoms with Crippen LogP contribution in [-0.2, 0) is 9.59 Å². The minimum atomic E-state index is -1.07. The Kier molecular flexibility index (Phi) is 5.11. The van der Waals surface area contributed by atoms with E-state index in [2.05, 4.69) is 5.32 Å². The molecule has 2 amide bonds. The van der Waals surface area contributed by atoms with E-state index in [1.54, 1.807) is 6.07 Å². The number of rotatable bonds is 6. The first-order valence-corrected chi connectivity index (χ1v) is 5.73. The average molecular weight is 268 g/mol. The molecule has 0 bridgehead atoms. The first-order chi connectivity index (χ1) is 8.93. The fourth-order valence-electron chi connectivity index (χ4n) is 1.34. The zero-order valence-electron chi connectivity index (χ0n) is 10.8. The van der Waals surface area contributed by atoms with Gasteiger partial charge in [0.05, 0.1) is 6.26 Å². The maximum atomic E-state index is 11.6. The van der Waals surface area contributed by atoms with E-state index in [-0.39, 0.29) is 24.6 Å². The van der Waals surface area contributed by atoms with Gasteiger partial charge < -0.3 is 19.7 Å². The fraction of sp³-hybridized carbons (Fsp3) is 0.417.